The number of carbonyl (C=O) groups excluding carboxylic acids is 3. The van der Waals surface area contributed by atoms with Crippen LogP contribution in [-0.4, -0.2) is 66.5 Å². The number of aliphatic hydroxyl groups is 1. The number of allylic oxidation sites excluding steroid dienone is 10. The van der Waals surface area contributed by atoms with Crippen LogP contribution in [0.25, 0.3) is 0 Å². The van der Waals surface area contributed by atoms with Crippen LogP contribution in [0, 0.1) is 0 Å². The first-order valence-corrected chi connectivity index (χ1v) is 34.7. The van der Waals surface area contributed by atoms with E-state index < -0.39 is 57.8 Å². The van der Waals surface area contributed by atoms with Gasteiger partial charge in [0.05, 0.1) is 19.8 Å². The lowest BCUT2D eigenvalue weighted by molar-refractivity contribution is -0.161. The van der Waals surface area contributed by atoms with Gasteiger partial charge in [0, 0.05) is 19.3 Å². The second-order valence-electron chi connectivity index (χ2n) is 22.3. The summed E-state index contributed by atoms with van der Waals surface area (Å²) in [5.41, 5.74) is 0. The molecule has 0 saturated heterocycles. The number of esters is 3. The molecule has 0 aliphatic carbocycles. The van der Waals surface area contributed by atoms with Gasteiger partial charge in [0.2, 0.25) is 0 Å². The molecular weight excluding hydrogens is 1020 g/mol. The van der Waals surface area contributed by atoms with Crippen LogP contribution in [0.4, 0.5) is 0 Å². The lowest BCUT2D eigenvalue weighted by Crippen LogP contribution is -2.30. The van der Waals surface area contributed by atoms with Crippen LogP contribution in [0.1, 0.15) is 316 Å². The smallest absolute Gasteiger partial charge is 0.462 e. The molecule has 0 aromatic rings. The molecule has 3 atom stereocenters. The Labute approximate surface area is 491 Å². The maximum atomic E-state index is 13.0. The molecule has 0 radical (unpaired) electrons. The molecule has 0 aliphatic heterocycles. The van der Waals surface area contributed by atoms with Gasteiger partial charge in [-0.3, -0.25) is 23.4 Å². The van der Waals surface area contributed by atoms with Crippen molar-refractivity contribution < 1.29 is 52.2 Å². The third-order valence-corrected chi connectivity index (χ3v) is 15.3. The molecule has 3 unspecified atom stereocenters. The van der Waals surface area contributed by atoms with Crippen LogP contribution in [-0.2, 0) is 42.2 Å². The molecule has 0 rings (SSSR count). The fraction of sp³-hybridized carbons (Fsp3) is 0.809. The molecular formula is C68H123O11P. The van der Waals surface area contributed by atoms with Crippen LogP contribution < -0.4 is 0 Å². The van der Waals surface area contributed by atoms with Crippen molar-refractivity contribution in [1.29, 1.82) is 0 Å². The van der Waals surface area contributed by atoms with Gasteiger partial charge in [0.1, 0.15) is 12.7 Å². The van der Waals surface area contributed by atoms with Crippen LogP contribution in [0.3, 0.4) is 0 Å². The molecule has 0 bridgehead atoms. The van der Waals surface area contributed by atoms with E-state index in [1.807, 2.05) is 0 Å². The third kappa shape index (κ3) is 59.8. The lowest BCUT2D eigenvalue weighted by atomic mass is 10.1. The van der Waals surface area contributed by atoms with Crippen molar-refractivity contribution >= 4 is 25.7 Å². The van der Waals surface area contributed by atoms with E-state index in [0.29, 0.717) is 19.3 Å². The Balaban J connectivity index is 4.68. The Morgan fingerprint density at radius 1 is 0.350 bits per heavy atom. The van der Waals surface area contributed by atoms with Crippen LogP contribution >= 0.6 is 7.82 Å². The van der Waals surface area contributed by atoms with Crippen LogP contribution in [0.2, 0.25) is 0 Å². The van der Waals surface area contributed by atoms with Gasteiger partial charge in [-0.15, -0.1) is 0 Å². The van der Waals surface area contributed by atoms with E-state index in [1.54, 1.807) is 0 Å². The first-order valence-electron chi connectivity index (χ1n) is 33.2. The van der Waals surface area contributed by atoms with Crippen molar-refractivity contribution in [2.75, 3.05) is 26.4 Å². The van der Waals surface area contributed by atoms with Gasteiger partial charge >= 0.3 is 25.7 Å². The molecule has 80 heavy (non-hydrogen) atoms. The average Bonchev–Trinajstić information content (AvgIpc) is 3.45. The summed E-state index contributed by atoms with van der Waals surface area (Å²) in [6, 6.07) is 0. The number of ether oxygens (including phenoxy) is 3. The largest absolute Gasteiger partial charge is 0.472 e. The topological polar surface area (TPSA) is 155 Å². The molecule has 2 N–H and O–H groups in total. The highest BCUT2D eigenvalue weighted by Gasteiger charge is 2.28. The average molecular weight is 1150 g/mol. The fourth-order valence-corrected chi connectivity index (χ4v) is 10.1. The van der Waals surface area contributed by atoms with E-state index >= 15 is 0 Å². The van der Waals surface area contributed by atoms with E-state index in [4.69, 9.17) is 23.3 Å². The second kappa shape index (κ2) is 62.2. The number of phosphoric acid groups is 1. The van der Waals surface area contributed by atoms with Crippen LogP contribution in [0.5, 0.6) is 0 Å². The minimum Gasteiger partial charge on any atom is -0.462 e. The summed E-state index contributed by atoms with van der Waals surface area (Å²) in [4.78, 5) is 48.8. The number of rotatable bonds is 62. The summed E-state index contributed by atoms with van der Waals surface area (Å²) >= 11 is 0. The van der Waals surface area contributed by atoms with Crippen molar-refractivity contribution in [3.05, 3.63) is 60.8 Å². The summed E-state index contributed by atoms with van der Waals surface area (Å²) in [6.07, 6.45) is 70.2. The van der Waals surface area contributed by atoms with Crippen molar-refractivity contribution in [2.24, 2.45) is 0 Å². The van der Waals surface area contributed by atoms with E-state index in [2.05, 4.69) is 81.5 Å². The summed E-state index contributed by atoms with van der Waals surface area (Å²) in [5, 5.41) is 9.87. The first kappa shape index (κ1) is 77.2. The highest BCUT2D eigenvalue weighted by atomic mass is 31.2. The third-order valence-electron chi connectivity index (χ3n) is 14.4. The quantitative estimate of drug-likeness (QED) is 0.0197. The van der Waals surface area contributed by atoms with Gasteiger partial charge in [0.15, 0.2) is 6.10 Å². The first-order chi connectivity index (χ1) is 39.2. The van der Waals surface area contributed by atoms with Crippen molar-refractivity contribution in [3.63, 3.8) is 0 Å². The summed E-state index contributed by atoms with van der Waals surface area (Å²) < 4.78 is 39.7. The van der Waals surface area contributed by atoms with Gasteiger partial charge in [-0.25, -0.2) is 4.57 Å². The van der Waals surface area contributed by atoms with E-state index in [-0.39, 0.29) is 25.9 Å². The van der Waals surface area contributed by atoms with Crippen molar-refractivity contribution in [2.45, 2.75) is 328 Å². The Bertz CT molecular complexity index is 1570. The minimum atomic E-state index is -4.76. The second-order valence-corrected chi connectivity index (χ2v) is 23.7. The van der Waals surface area contributed by atoms with Gasteiger partial charge in [-0.05, 0) is 109 Å². The Morgan fingerprint density at radius 3 is 0.975 bits per heavy atom. The Kier molecular flexibility index (Phi) is 60.0. The standard InChI is InChI=1S/C68H123O11P/c1-4-7-10-13-16-19-22-25-28-30-32-34-37-40-43-46-49-52-55-58-67(71)78-64(60-69)62-76-80(73,74)77-63-65(61-75-66(70)57-54-51-48-45-42-39-36-27-24-21-18-15-12-9-6-3)79-68(72)59-56-53-50-47-44-41-38-35-33-31-29-26-23-20-17-14-11-8-5-2/h17,20,25-29,33,35-36,64-65,69H,4-16,18-19,21-24,30-32,34,37-63H2,1-3H3,(H,73,74)/b20-17-,28-25-,29-26-,35-33-,36-27-. The zero-order chi connectivity index (χ0) is 58.3. The minimum absolute atomic E-state index is 0.152. The maximum Gasteiger partial charge on any atom is 0.472 e. The molecule has 0 fully saturated rings. The molecule has 466 valence electrons. The van der Waals surface area contributed by atoms with Crippen LogP contribution in [0.15, 0.2) is 60.8 Å². The lowest BCUT2D eigenvalue weighted by Gasteiger charge is -2.21. The van der Waals surface area contributed by atoms with E-state index in [0.717, 1.165) is 109 Å². The normalized spacial score (nSPS) is 13.6. The van der Waals surface area contributed by atoms with E-state index in [9.17, 15) is 28.9 Å². The highest BCUT2D eigenvalue weighted by molar-refractivity contribution is 7.47. The number of carbonyl (C=O) groups is 3. The predicted octanol–water partition coefficient (Wildman–Crippen LogP) is 20.3. The number of unbranched alkanes of at least 4 members (excludes halogenated alkanes) is 35. The molecule has 0 aromatic carbocycles. The molecule has 0 aliphatic rings. The monoisotopic (exact) mass is 1150 g/mol. The van der Waals surface area contributed by atoms with Crippen molar-refractivity contribution in [3.8, 4) is 0 Å². The Hall–Kier alpha value is -2.82. The van der Waals surface area contributed by atoms with Gasteiger partial charge in [-0.1, -0.05) is 248 Å². The summed E-state index contributed by atoms with van der Waals surface area (Å²) in [5.74, 6) is -1.48. The number of aliphatic hydroxyl groups excluding tert-OH is 1. The molecule has 0 amide bonds. The van der Waals surface area contributed by atoms with Gasteiger partial charge < -0.3 is 24.2 Å². The molecule has 0 aromatic heterocycles. The number of hydrogen-bond acceptors (Lipinski definition) is 10. The van der Waals surface area contributed by atoms with Gasteiger partial charge in [-0.2, -0.15) is 0 Å². The summed E-state index contributed by atoms with van der Waals surface area (Å²) in [6.45, 7) is 4.64. The van der Waals surface area contributed by atoms with Crippen molar-refractivity contribution in [1.82, 2.24) is 0 Å². The zero-order valence-corrected chi connectivity index (χ0v) is 52.7. The molecule has 0 heterocycles. The van der Waals surface area contributed by atoms with Gasteiger partial charge in [0.25, 0.3) is 0 Å². The predicted molar refractivity (Wildman–Crippen MR) is 335 cm³/mol. The maximum absolute atomic E-state index is 13.0. The summed E-state index contributed by atoms with van der Waals surface area (Å²) in [7, 11) is -4.76. The zero-order valence-electron chi connectivity index (χ0n) is 51.8. The SMILES string of the molecule is CCCCC/C=C\C/C=C\C/C=C\CCCCCCCCC(=O)OC(COC(=O)CCCCCCC/C=C\CCCCCCCC)COP(=O)(O)OCC(CO)OC(=O)CCCCCCCCCCC/C=C\CCCCCCCC. The molecule has 11 nitrogen and oxygen atoms in total. The molecule has 0 saturated carbocycles. The number of phosphoric ester groups is 1. The molecule has 0 spiro atoms. The highest BCUT2D eigenvalue weighted by Crippen LogP contribution is 2.43. The fourth-order valence-electron chi connectivity index (χ4n) is 9.30. The van der Waals surface area contributed by atoms with E-state index in [1.165, 1.54) is 148 Å². The number of hydrogen-bond donors (Lipinski definition) is 2. The molecule has 12 heteroatoms. The Morgan fingerprint density at radius 2 is 0.613 bits per heavy atom.